The number of rotatable bonds is 5. The number of hydrogen-bond donors (Lipinski definition) is 0. The number of methoxy groups -OCH3 is 1. The van der Waals surface area contributed by atoms with Crippen molar-refractivity contribution in [3.8, 4) is 11.5 Å². The summed E-state index contributed by atoms with van der Waals surface area (Å²) < 4.78 is 10.9. The van der Waals surface area contributed by atoms with Crippen LogP contribution in [0.5, 0.6) is 11.5 Å². The van der Waals surface area contributed by atoms with Crippen LogP contribution in [0.15, 0.2) is 24.3 Å². The zero-order valence-corrected chi connectivity index (χ0v) is 15.9. The molecule has 0 N–H and O–H groups in total. The molecule has 2 atom stereocenters. The summed E-state index contributed by atoms with van der Waals surface area (Å²) in [5, 5.41) is 0. The highest BCUT2D eigenvalue weighted by molar-refractivity contribution is 5.81. The van der Waals surface area contributed by atoms with Gasteiger partial charge in [0.05, 0.1) is 7.11 Å². The summed E-state index contributed by atoms with van der Waals surface area (Å²) >= 11 is 0. The number of carbonyl (C=O) groups excluding carboxylic acids is 2. The SMILES string of the molecule is COc1cccc(OCC(=O)N2C[C@H]3CC[C@@H]2CN(C(=O)C2CCC2)C3)c1. The van der Waals surface area contributed by atoms with E-state index in [1.165, 1.54) is 6.42 Å². The third kappa shape index (κ3) is 3.89. The van der Waals surface area contributed by atoms with Crippen molar-refractivity contribution in [2.45, 2.75) is 38.1 Å². The molecule has 4 aliphatic rings. The van der Waals surface area contributed by atoms with E-state index in [0.29, 0.717) is 29.9 Å². The largest absolute Gasteiger partial charge is 0.497 e. The second-order valence-electron chi connectivity index (χ2n) is 7.98. The Bertz CT molecular complexity index is 703. The number of ether oxygens (including phenoxy) is 2. The highest BCUT2D eigenvalue weighted by atomic mass is 16.5. The van der Waals surface area contributed by atoms with E-state index in [9.17, 15) is 9.59 Å². The lowest BCUT2D eigenvalue weighted by atomic mass is 9.84. The summed E-state index contributed by atoms with van der Waals surface area (Å²) in [5.41, 5.74) is 0. The van der Waals surface area contributed by atoms with Gasteiger partial charge in [0, 0.05) is 37.7 Å². The fraction of sp³-hybridized carbons (Fsp3) is 0.619. The van der Waals surface area contributed by atoms with Gasteiger partial charge >= 0.3 is 0 Å². The first kappa shape index (κ1) is 18.1. The van der Waals surface area contributed by atoms with Gasteiger partial charge in [0.2, 0.25) is 5.91 Å². The van der Waals surface area contributed by atoms with Crippen LogP contribution in [0.2, 0.25) is 0 Å². The average molecular weight is 372 g/mol. The van der Waals surface area contributed by atoms with E-state index in [-0.39, 0.29) is 24.5 Å². The Morgan fingerprint density at radius 2 is 1.89 bits per heavy atom. The van der Waals surface area contributed by atoms with Crippen LogP contribution < -0.4 is 9.47 Å². The van der Waals surface area contributed by atoms with E-state index in [2.05, 4.69) is 0 Å². The normalized spacial score (nSPS) is 24.9. The van der Waals surface area contributed by atoms with Crippen LogP contribution in [0.1, 0.15) is 32.1 Å². The average Bonchev–Trinajstić information content (AvgIpc) is 2.97. The van der Waals surface area contributed by atoms with Crippen LogP contribution >= 0.6 is 0 Å². The number of piperidine rings is 1. The Labute approximate surface area is 160 Å². The number of amides is 2. The molecule has 146 valence electrons. The Morgan fingerprint density at radius 3 is 2.63 bits per heavy atom. The van der Waals surface area contributed by atoms with Crippen molar-refractivity contribution in [2.75, 3.05) is 33.4 Å². The van der Waals surface area contributed by atoms with Gasteiger partial charge in [-0.1, -0.05) is 12.5 Å². The highest BCUT2D eigenvalue weighted by Gasteiger charge is 2.40. The first-order valence-electron chi connectivity index (χ1n) is 9.99. The number of benzene rings is 1. The smallest absolute Gasteiger partial charge is 0.260 e. The molecule has 3 heterocycles. The molecule has 2 amide bonds. The maximum Gasteiger partial charge on any atom is 0.260 e. The van der Waals surface area contributed by atoms with Crippen molar-refractivity contribution < 1.29 is 19.1 Å². The van der Waals surface area contributed by atoms with Crippen LogP contribution in [0.25, 0.3) is 0 Å². The number of carbonyl (C=O) groups is 2. The third-order valence-corrected chi connectivity index (χ3v) is 6.20. The standard InChI is InChI=1S/C21H28N2O4/c1-26-18-6-3-7-19(10-18)27-14-20(24)23-12-15-8-9-17(23)13-22(11-15)21(25)16-4-2-5-16/h3,6-7,10,15-17H,2,4-5,8-9,11-14H2,1H3/t15-,17+/m0/s1. The minimum atomic E-state index is 0.00506. The molecule has 0 unspecified atom stereocenters. The third-order valence-electron chi connectivity index (χ3n) is 6.20. The second-order valence-corrected chi connectivity index (χ2v) is 7.98. The van der Waals surface area contributed by atoms with Gasteiger partial charge in [0.15, 0.2) is 6.61 Å². The first-order chi connectivity index (χ1) is 13.1. The lowest BCUT2D eigenvalue weighted by molar-refractivity contribution is -0.140. The molecule has 3 aliphatic heterocycles. The summed E-state index contributed by atoms with van der Waals surface area (Å²) in [6.45, 7) is 2.23. The Balaban J connectivity index is 1.37. The van der Waals surface area contributed by atoms with Crippen LogP contribution in [0.4, 0.5) is 0 Å². The number of fused-ring (bicyclic) bond motifs is 4. The summed E-state index contributed by atoms with van der Waals surface area (Å²) in [7, 11) is 1.61. The lowest BCUT2D eigenvalue weighted by Crippen LogP contribution is -2.49. The molecule has 6 nitrogen and oxygen atoms in total. The lowest BCUT2D eigenvalue weighted by Gasteiger charge is -2.36. The van der Waals surface area contributed by atoms with Crippen molar-refractivity contribution in [1.82, 2.24) is 9.80 Å². The topological polar surface area (TPSA) is 59.1 Å². The predicted octanol–water partition coefficient (Wildman–Crippen LogP) is 2.32. The van der Waals surface area contributed by atoms with E-state index in [1.807, 2.05) is 28.0 Å². The summed E-state index contributed by atoms with van der Waals surface area (Å²) in [4.78, 5) is 29.5. The van der Waals surface area contributed by atoms with E-state index in [4.69, 9.17) is 9.47 Å². The fourth-order valence-electron chi connectivity index (χ4n) is 4.40. The molecule has 1 saturated carbocycles. The van der Waals surface area contributed by atoms with Gasteiger partial charge in [0.1, 0.15) is 11.5 Å². The summed E-state index contributed by atoms with van der Waals surface area (Å²) in [6.07, 6.45) is 5.30. The molecular formula is C21H28N2O4. The Hall–Kier alpha value is -2.24. The minimum absolute atomic E-state index is 0.00506. The number of hydrogen-bond acceptors (Lipinski definition) is 4. The maximum atomic E-state index is 12.8. The summed E-state index contributed by atoms with van der Waals surface area (Å²) in [6, 6.07) is 7.41. The molecule has 27 heavy (non-hydrogen) atoms. The van der Waals surface area contributed by atoms with Crippen molar-refractivity contribution in [3.63, 3.8) is 0 Å². The van der Waals surface area contributed by atoms with Crippen LogP contribution in [0, 0.1) is 11.8 Å². The maximum absolute atomic E-state index is 12.8. The van der Waals surface area contributed by atoms with Gasteiger partial charge in [-0.3, -0.25) is 9.59 Å². The van der Waals surface area contributed by atoms with Gasteiger partial charge < -0.3 is 19.3 Å². The van der Waals surface area contributed by atoms with Crippen molar-refractivity contribution in [1.29, 1.82) is 0 Å². The molecule has 1 aliphatic carbocycles. The molecule has 1 aromatic carbocycles. The highest BCUT2D eigenvalue weighted by Crippen LogP contribution is 2.33. The predicted molar refractivity (Wildman–Crippen MR) is 101 cm³/mol. The molecule has 1 aromatic rings. The molecule has 3 saturated heterocycles. The molecule has 0 aromatic heterocycles. The van der Waals surface area contributed by atoms with Gasteiger partial charge in [-0.05, 0) is 43.7 Å². The van der Waals surface area contributed by atoms with Crippen LogP contribution in [-0.4, -0.2) is 61.0 Å². The molecule has 0 radical (unpaired) electrons. The second kappa shape index (κ2) is 7.79. The van der Waals surface area contributed by atoms with Crippen molar-refractivity contribution in [2.24, 2.45) is 11.8 Å². The van der Waals surface area contributed by atoms with Gasteiger partial charge in [-0.15, -0.1) is 0 Å². The molecule has 4 fully saturated rings. The van der Waals surface area contributed by atoms with E-state index < -0.39 is 0 Å². The Kier molecular flexibility index (Phi) is 5.23. The zero-order chi connectivity index (χ0) is 18.8. The van der Waals surface area contributed by atoms with Crippen LogP contribution in [-0.2, 0) is 9.59 Å². The summed E-state index contributed by atoms with van der Waals surface area (Å²) in [5.74, 6) is 2.26. The van der Waals surface area contributed by atoms with Crippen LogP contribution in [0.3, 0.4) is 0 Å². The van der Waals surface area contributed by atoms with Gasteiger partial charge in [-0.2, -0.15) is 0 Å². The van der Waals surface area contributed by atoms with E-state index >= 15 is 0 Å². The molecule has 0 spiro atoms. The van der Waals surface area contributed by atoms with Gasteiger partial charge in [-0.25, -0.2) is 0 Å². The van der Waals surface area contributed by atoms with Crippen molar-refractivity contribution >= 4 is 11.8 Å². The number of nitrogens with zero attached hydrogens (tertiary/aromatic N) is 2. The minimum Gasteiger partial charge on any atom is -0.497 e. The molecule has 6 heteroatoms. The molecule has 5 rings (SSSR count). The quantitative estimate of drug-likeness (QED) is 0.796. The fourth-order valence-corrected chi connectivity index (χ4v) is 4.40. The molecular weight excluding hydrogens is 344 g/mol. The Morgan fingerprint density at radius 1 is 1.07 bits per heavy atom. The zero-order valence-electron chi connectivity index (χ0n) is 15.9. The van der Waals surface area contributed by atoms with E-state index in [0.717, 1.165) is 38.8 Å². The van der Waals surface area contributed by atoms with Gasteiger partial charge in [0.25, 0.3) is 5.91 Å². The molecule has 2 bridgehead atoms. The first-order valence-corrected chi connectivity index (χ1v) is 9.99. The monoisotopic (exact) mass is 372 g/mol. The van der Waals surface area contributed by atoms with E-state index in [1.54, 1.807) is 13.2 Å². The van der Waals surface area contributed by atoms with Crippen molar-refractivity contribution in [3.05, 3.63) is 24.3 Å².